The molecule has 9 nitrogen and oxygen atoms in total. The lowest BCUT2D eigenvalue weighted by molar-refractivity contribution is 0.324. The molecule has 0 bridgehead atoms. The molecule has 0 fully saturated rings. The second-order valence-corrected chi connectivity index (χ2v) is 5.91. The fraction of sp³-hybridized carbons (Fsp3) is 0.143. The van der Waals surface area contributed by atoms with Crippen LogP contribution in [0.25, 0.3) is 11.3 Å². The molecule has 0 radical (unpaired) electrons. The molecular weight excluding hydrogens is 386 g/mol. The summed E-state index contributed by atoms with van der Waals surface area (Å²) in [7, 11) is 4.55. The Morgan fingerprint density at radius 2 is 1.80 bits per heavy atom. The highest BCUT2D eigenvalue weighted by Gasteiger charge is 2.15. The van der Waals surface area contributed by atoms with Crippen molar-refractivity contribution in [2.75, 3.05) is 26.8 Å². The van der Waals surface area contributed by atoms with Crippen molar-refractivity contribution in [1.82, 2.24) is 9.97 Å². The number of benzene rings is 2. The van der Waals surface area contributed by atoms with Gasteiger partial charge in [-0.3, -0.25) is 9.78 Å². The number of nitriles is 1. The first kappa shape index (κ1) is 20.4. The van der Waals surface area contributed by atoms with Crippen molar-refractivity contribution < 1.29 is 14.2 Å². The van der Waals surface area contributed by atoms with Crippen molar-refractivity contribution in [2.45, 2.75) is 0 Å². The van der Waals surface area contributed by atoms with Crippen molar-refractivity contribution >= 4 is 12.2 Å². The molecule has 0 saturated heterocycles. The largest absolute Gasteiger partial charge is 0.493 e. The van der Waals surface area contributed by atoms with Crippen LogP contribution in [0.15, 0.2) is 52.4 Å². The average Bonchev–Trinajstić information content (AvgIpc) is 2.78. The maximum absolute atomic E-state index is 12.3. The van der Waals surface area contributed by atoms with Crippen molar-refractivity contribution in [3.05, 3.63) is 63.9 Å². The van der Waals surface area contributed by atoms with E-state index in [1.54, 1.807) is 36.4 Å². The molecule has 1 aromatic heterocycles. The average molecular weight is 405 g/mol. The monoisotopic (exact) mass is 405 g/mol. The first-order valence-electron chi connectivity index (χ1n) is 8.80. The number of methoxy groups -OCH3 is 3. The Bertz CT molecular complexity index is 1170. The van der Waals surface area contributed by atoms with Gasteiger partial charge in [-0.15, -0.1) is 0 Å². The summed E-state index contributed by atoms with van der Waals surface area (Å²) >= 11 is 0. The Labute approximate surface area is 172 Å². The number of H-pyrrole nitrogens is 1. The van der Waals surface area contributed by atoms with Crippen molar-refractivity contribution in [3.8, 4) is 34.6 Å². The summed E-state index contributed by atoms with van der Waals surface area (Å²) in [5.74, 6) is 1.48. The van der Waals surface area contributed by atoms with E-state index in [9.17, 15) is 10.1 Å². The van der Waals surface area contributed by atoms with Gasteiger partial charge in [-0.25, -0.2) is 10.4 Å². The maximum Gasteiger partial charge on any atom is 0.270 e. The standard InChI is InChI=1S/C21H19N5O4/c1-28-16-10-9-14(18(29-2)19(16)30-3)12-23-26-21-24-17(13-7-5-4-6-8-13)15(11-22)20(27)25-21/h4-10,12H,1-3H3,(H2,24,25,26,27). The molecule has 0 atom stereocenters. The lowest BCUT2D eigenvalue weighted by atomic mass is 10.1. The maximum atomic E-state index is 12.3. The molecule has 3 aromatic rings. The topological polar surface area (TPSA) is 122 Å². The van der Waals surface area contributed by atoms with Crippen LogP contribution < -0.4 is 25.2 Å². The van der Waals surface area contributed by atoms with Gasteiger partial charge in [0.15, 0.2) is 11.5 Å². The van der Waals surface area contributed by atoms with Gasteiger partial charge in [0.05, 0.1) is 33.2 Å². The molecular formula is C21H19N5O4. The molecule has 1 heterocycles. The highest BCUT2D eigenvalue weighted by molar-refractivity contribution is 5.86. The summed E-state index contributed by atoms with van der Waals surface area (Å²) in [6, 6.07) is 14.3. The number of hydrogen-bond acceptors (Lipinski definition) is 8. The Balaban J connectivity index is 1.94. The molecule has 2 N–H and O–H groups in total. The van der Waals surface area contributed by atoms with E-state index >= 15 is 0 Å². The molecule has 0 unspecified atom stereocenters. The number of nitrogens with one attached hydrogen (secondary N) is 2. The van der Waals surface area contributed by atoms with Crippen LogP contribution in [0.5, 0.6) is 17.2 Å². The molecule has 9 heteroatoms. The predicted octanol–water partition coefficient (Wildman–Crippen LogP) is 2.78. The van der Waals surface area contributed by atoms with Crippen LogP contribution >= 0.6 is 0 Å². The predicted molar refractivity (Wildman–Crippen MR) is 112 cm³/mol. The molecule has 0 aliphatic rings. The number of hydrogen-bond donors (Lipinski definition) is 2. The molecule has 0 saturated carbocycles. The highest BCUT2D eigenvalue weighted by Crippen LogP contribution is 2.39. The van der Waals surface area contributed by atoms with Crippen LogP contribution in [0, 0.1) is 11.3 Å². The quantitative estimate of drug-likeness (QED) is 0.458. The van der Waals surface area contributed by atoms with Crippen molar-refractivity contribution in [1.29, 1.82) is 5.26 Å². The molecule has 152 valence electrons. The lowest BCUT2D eigenvalue weighted by Gasteiger charge is -2.13. The van der Waals surface area contributed by atoms with E-state index < -0.39 is 5.56 Å². The molecule has 0 amide bonds. The fourth-order valence-electron chi connectivity index (χ4n) is 2.82. The SMILES string of the molecule is COc1ccc(C=NNc2nc(-c3ccccc3)c(C#N)c(=O)[nH]2)c(OC)c1OC. The zero-order valence-electron chi connectivity index (χ0n) is 16.6. The molecule has 30 heavy (non-hydrogen) atoms. The number of anilines is 1. The third-order valence-corrected chi connectivity index (χ3v) is 4.19. The van der Waals surface area contributed by atoms with Crippen LogP contribution in [0.1, 0.15) is 11.1 Å². The van der Waals surface area contributed by atoms with E-state index in [1.807, 2.05) is 12.1 Å². The second kappa shape index (κ2) is 9.25. The Morgan fingerprint density at radius 3 is 2.43 bits per heavy atom. The van der Waals surface area contributed by atoms with Gasteiger partial charge in [0.25, 0.3) is 5.56 Å². The van der Waals surface area contributed by atoms with Crippen LogP contribution in [-0.2, 0) is 0 Å². The first-order valence-corrected chi connectivity index (χ1v) is 8.80. The van der Waals surface area contributed by atoms with Gasteiger partial charge in [0, 0.05) is 11.1 Å². The van der Waals surface area contributed by atoms with Gasteiger partial charge >= 0.3 is 0 Å². The van der Waals surface area contributed by atoms with Crippen molar-refractivity contribution in [3.63, 3.8) is 0 Å². The van der Waals surface area contributed by atoms with E-state index in [0.29, 0.717) is 28.4 Å². The minimum Gasteiger partial charge on any atom is -0.493 e. The van der Waals surface area contributed by atoms with Gasteiger partial charge in [-0.1, -0.05) is 30.3 Å². The van der Waals surface area contributed by atoms with Crippen LogP contribution in [0.3, 0.4) is 0 Å². The summed E-state index contributed by atoms with van der Waals surface area (Å²) in [5.41, 5.74) is 3.57. The summed E-state index contributed by atoms with van der Waals surface area (Å²) in [4.78, 5) is 19.1. The zero-order valence-corrected chi connectivity index (χ0v) is 16.6. The first-order chi connectivity index (χ1) is 14.6. The summed E-state index contributed by atoms with van der Waals surface area (Å²) in [5, 5.41) is 13.4. The molecule has 2 aromatic carbocycles. The third-order valence-electron chi connectivity index (χ3n) is 4.19. The minimum atomic E-state index is -0.562. The van der Waals surface area contributed by atoms with E-state index in [-0.39, 0.29) is 17.2 Å². The Morgan fingerprint density at radius 1 is 1.07 bits per heavy atom. The number of ether oxygens (including phenoxy) is 3. The van der Waals surface area contributed by atoms with Crippen molar-refractivity contribution in [2.24, 2.45) is 5.10 Å². The lowest BCUT2D eigenvalue weighted by Crippen LogP contribution is -2.16. The smallest absolute Gasteiger partial charge is 0.270 e. The van der Waals surface area contributed by atoms with Crippen LogP contribution in [-0.4, -0.2) is 37.5 Å². The number of hydrazone groups is 1. The van der Waals surface area contributed by atoms with E-state index in [4.69, 9.17) is 14.2 Å². The van der Waals surface area contributed by atoms with E-state index in [1.165, 1.54) is 27.5 Å². The molecule has 3 rings (SSSR count). The normalized spacial score (nSPS) is 10.5. The number of aromatic nitrogens is 2. The Hall–Kier alpha value is -4.32. The number of aromatic amines is 1. The van der Waals surface area contributed by atoms with Gasteiger partial charge < -0.3 is 14.2 Å². The van der Waals surface area contributed by atoms with E-state index in [2.05, 4.69) is 20.5 Å². The second-order valence-electron chi connectivity index (χ2n) is 5.91. The minimum absolute atomic E-state index is 0.0720. The number of nitrogens with zero attached hydrogens (tertiary/aromatic N) is 3. The molecule has 0 aliphatic heterocycles. The van der Waals surface area contributed by atoms with Crippen LogP contribution in [0.2, 0.25) is 0 Å². The zero-order chi connectivity index (χ0) is 21.5. The molecule has 0 spiro atoms. The van der Waals surface area contributed by atoms with Crippen LogP contribution in [0.4, 0.5) is 5.95 Å². The van der Waals surface area contributed by atoms with Gasteiger partial charge in [-0.05, 0) is 12.1 Å². The van der Waals surface area contributed by atoms with Gasteiger partial charge in [0.2, 0.25) is 11.7 Å². The third kappa shape index (κ3) is 4.07. The number of rotatable bonds is 7. The summed E-state index contributed by atoms with van der Waals surface area (Å²) < 4.78 is 16.0. The summed E-state index contributed by atoms with van der Waals surface area (Å²) in [6.45, 7) is 0. The van der Waals surface area contributed by atoms with Gasteiger partial charge in [-0.2, -0.15) is 10.4 Å². The summed E-state index contributed by atoms with van der Waals surface area (Å²) in [6.07, 6.45) is 1.49. The fourth-order valence-corrected chi connectivity index (χ4v) is 2.82. The van der Waals surface area contributed by atoms with Gasteiger partial charge in [0.1, 0.15) is 11.6 Å². The molecule has 0 aliphatic carbocycles. The van der Waals surface area contributed by atoms with E-state index in [0.717, 1.165) is 0 Å². The highest BCUT2D eigenvalue weighted by atomic mass is 16.5. The Kier molecular flexibility index (Phi) is 6.29.